The van der Waals surface area contributed by atoms with Gasteiger partial charge in [-0.15, -0.1) is 0 Å². The summed E-state index contributed by atoms with van der Waals surface area (Å²) in [5, 5.41) is 0.304. The first kappa shape index (κ1) is 11.6. The van der Waals surface area contributed by atoms with Crippen LogP contribution in [0.3, 0.4) is 0 Å². The van der Waals surface area contributed by atoms with Crippen LogP contribution in [0.25, 0.3) is 11.1 Å². The third kappa shape index (κ3) is 2.11. The predicted molar refractivity (Wildman–Crippen MR) is 64.5 cm³/mol. The molecule has 16 heavy (non-hydrogen) atoms. The van der Waals surface area contributed by atoms with E-state index in [0.29, 0.717) is 10.6 Å². The van der Waals surface area contributed by atoms with Crippen LogP contribution in [-0.2, 0) is 0 Å². The zero-order valence-corrected chi connectivity index (χ0v) is 10.3. The summed E-state index contributed by atoms with van der Waals surface area (Å²) in [7, 11) is 0. The number of rotatable bonds is 1. The van der Waals surface area contributed by atoms with E-state index in [1.165, 1.54) is 30.3 Å². The monoisotopic (exact) mass is 302 g/mol. The van der Waals surface area contributed by atoms with Gasteiger partial charge in [0.1, 0.15) is 11.6 Å². The van der Waals surface area contributed by atoms with Gasteiger partial charge in [0.25, 0.3) is 0 Å². The first-order valence-electron chi connectivity index (χ1n) is 4.49. The summed E-state index contributed by atoms with van der Waals surface area (Å²) in [6, 6.07) is 8.70. The molecule has 0 unspecified atom stereocenters. The molecule has 0 amide bonds. The van der Waals surface area contributed by atoms with Crippen molar-refractivity contribution in [1.82, 2.24) is 0 Å². The average molecular weight is 304 g/mol. The lowest BCUT2D eigenvalue weighted by atomic mass is 10.1. The Morgan fingerprint density at radius 2 is 1.75 bits per heavy atom. The van der Waals surface area contributed by atoms with Crippen LogP contribution in [0.5, 0.6) is 0 Å². The Morgan fingerprint density at radius 1 is 1.00 bits per heavy atom. The van der Waals surface area contributed by atoms with Crippen LogP contribution >= 0.6 is 27.5 Å². The molecule has 0 heterocycles. The first-order chi connectivity index (χ1) is 7.59. The smallest absolute Gasteiger partial charge is 0.137 e. The van der Waals surface area contributed by atoms with E-state index in [4.69, 9.17) is 11.6 Å². The van der Waals surface area contributed by atoms with E-state index in [1.807, 2.05) is 0 Å². The van der Waals surface area contributed by atoms with Crippen molar-refractivity contribution in [1.29, 1.82) is 0 Å². The van der Waals surface area contributed by atoms with Crippen molar-refractivity contribution in [3.05, 3.63) is 57.5 Å². The highest BCUT2D eigenvalue weighted by atomic mass is 79.9. The van der Waals surface area contributed by atoms with E-state index in [0.717, 1.165) is 0 Å². The summed E-state index contributed by atoms with van der Waals surface area (Å²) in [5.41, 5.74) is 0.821. The van der Waals surface area contributed by atoms with Crippen molar-refractivity contribution in [3.8, 4) is 11.1 Å². The van der Waals surface area contributed by atoms with Crippen LogP contribution in [-0.4, -0.2) is 0 Å². The van der Waals surface area contributed by atoms with Gasteiger partial charge in [-0.05, 0) is 45.8 Å². The van der Waals surface area contributed by atoms with Crippen LogP contribution in [0, 0.1) is 11.6 Å². The van der Waals surface area contributed by atoms with Crippen LogP contribution in [0.15, 0.2) is 40.9 Å². The van der Waals surface area contributed by atoms with Gasteiger partial charge in [-0.25, -0.2) is 8.78 Å². The minimum Gasteiger partial charge on any atom is -0.206 e. The molecule has 0 N–H and O–H groups in total. The Bertz CT molecular complexity index is 520. The fourth-order valence-electron chi connectivity index (χ4n) is 1.43. The molecular formula is C12H6BrClF2. The van der Waals surface area contributed by atoms with E-state index in [2.05, 4.69) is 15.9 Å². The van der Waals surface area contributed by atoms with Gasteiger partial charge in [-0.2, -0.15) is 0 Å². The van der Waals surface area contributed by atoms with Gasteiger partial charge in [0.2, 0.25) is 0 Å². The molecule has 0 spiro atoms. The maximum absolute atomic E-state index is 13.6. The molecular weight excluding hydrogens is 297 g/mol. The first-order valence-corrected chi connectivity index (χ1v) is 5.66. The second-order valence-corrected chi connectivity index (χ2v) is 4.49. The molecule has 0 nitrogen and oxygen atoms in total. The molecule has 0 atom stereocenters. The fraction of sp³-hybridized carbons (Fsp3) is 0. The molecule has 82 valence electrons. The van der Waals surface area contributed by atoms with E-state index < -0.39 is 11.6 Å². The quantitative estimate of drug-likeness (QED) is 0.692. The number of hydrogen-bond donors (Lipinski definition) is 0. The number of hydrogen-bond acceptors (Lipinski definition) is 0. The topological polar surface area (TPSA) is 0 Å². The third-order valence-electron chi connectivity index (χ3n) is 2.17. The summed E-state index contributed by atoms with van der Waals surface area (Å²) in [6.45, 7) is 0. The van der Waals surface area contributed by atoms with Gasteiger partial charge in [-0.3, -0.25) is 0 Å². The average Bonchev–Trinajstić information content (AvgIpc) is 2.23. The van der Waals surface area contributed by atoms with Crippen LogP contribution in [0.4, 0.5) is 8.78 Å². The predicted octanol–water partition coefficient (Wildman–Crippen LogP) is 5.05. The molecule has 0 radical (unpaired) electrons. The van der Waals surface area contributed by atoms with E-state index >= 15 is 0 Å². The van der Waals surface area contributed by atoms with Gasteiger partial charge in [0.05, 0.1) is 9.50 Å². The van der Waals surface area contributed by atoms with Crippen LogP contribution < -0.4 is 0 Å². The van der Waals surface area contributed by atoms with Gasteiger partial charge in [0, 0.05) is 5.56 Å². The molecule has 0 bridgehead atoms. The van der Waals surface area contributed by atoms with Crippen LogP contribution in [0.1, 0.15) is 0 Å². The Labute approximate surface area is 105 Å². The zero-order valence-electron chi connectivity index (χ0n) is 7.98. The van der Waals surface area contributed by atoms with Crippen molar-refractivity contribution >= 4 is 27.5 Å². The van der Waals surface area contributed by atoms with Crippen molar-refractivity contribution in [2.45, 2.75) is 0 Å². The molecule has 2 rings (SSSR count). The van der Waals surface area contributed by atoms with E-state index in [9.17, 15) is 8.78 Å². The molecule has 0 saturated carbocycles. The highest BCUT2D eigenvalue weighted by Crippen LogP contribution is 2.32. The maximum Gasteiger partial charge on any atom is 0.137 e. The Hall–Kier alpha value is -0.930. The summed E-state index contributed by atoms with van der Waals surface area (Å²) < 4.78 is 26.9. The molecule has 0 aromatic heterocycles. The standard InChI is InChI=1S/C12H6BrClF2/c13-8-6-7(4-5-10(8)15)12-9(14)2-1-3-11(12)16/h1-6H. The summed E-state index contributed by atoms with van der Waals surface area (Å²) in [6.07, 6.45) is 0. The molecule has 0 aliphatic carbocycles. The van der Waals surface area contributed by atoms with Gasteiger partial charge >= 0.3 is 0 Å². The molecule has 0 aliphatic rings. The second kappa shape index (κ2) is 4.52. The molecule has 0 saturated heterocycles. The minimum atomic E-state index is -0.425. The SMILES string of the molecule is Fc1ccc(-c2c(F)cccc2Cl)cc1Br. The van der Waals surface area contributed by atoms with E-state index in [1.54, 1.807) is 6.07 Å². The lowest BCUT2D eigenvalue weighted by molar-refractivity contribution is 0.620. The largest absolute Gasteiger partial charge is 0.206 e. The molecule has 2 aromatic carbocycles. The van der Waals surface area contributed by atoms with Crippen LogP contribution in [0.2, 0.25) is 5.02 Å². The Balaban J connectivity index is 2.63. The highest BCUT2D eigenvalue weighted by Gasteiger charge is 2.10. The summed E-state index contributed by atoms with van der Waals surface area (Å²) >= 11 is 8.96. The zero-order chi connectivity index (χ0) is 11.7. The van der Waals surface area contributed by atoms with Crippen molar-refractivity contribution < 1.29 is 8.78 Å². The molecule has 0 fully saturated rings. The Morgan fingerprint density at radius 3 is 2.38 bits per heavy atom. The molecule has 0 aliphatic heterocycles. The second-order valence-electron chi connectivity index (χ2n) is 3.23. The van der Waals surface area contributed by atoms with Gasteiger partial charge < -0.3 is 0 Å². The lowest BCUT2D eigenvalue weighted by Gasteiger charge is -2.06. The minimum absolute atomic E-state index is 0.282. The Kier molecular flexibility index (Phi) is 3.26. The molecule has 2 aromatic rings. The summed E-state index contributed by atoms with van der Waals surface area (Å²) in [4.78, 5) is 0. The molecule has 4 heteroatoms. The lowest BCUT2D eigenvalue weighted by Crippen LogP contribution is -1.87. The highest BCUT2D eigenvalue weighted by molar-refractivity contribution is 9.10. The number of benzene rings is 2. The van der Waals surface area contributed by atoms with E-state index in [-0.39, 0.29) is 10.0 Å². The summed E-state index contributed by atoms with van der Waals surface area (Å²) in [5.74, 6) is -0.817. The van der Waals surface area contributed by atoms with Gasteiger partial charge in [-0.1, -0.05) is 23.7 Å². The van der Waals surface area contributed by atoms with Crippen molar-refractivity contribution in [2.24, 2.45) is 0 Å². The fourth-order valence-corrected chi connectivity index (χ4v) is 2.08. The number of halogens is 4. The van der Waals surface area contributed by atoms with Gasteiger partial charge in [0.15, 0.2) is 0 Å². The normalized spacial score (nSPS) is 10.5. The van der Waals surface area contributed by atoms with Crippen molar-refractivity contribution in [3.63, 3.8) is 0 Å². The van der Waals surface area contributed by atoms with Crippen molar-refractivity contribution in [2.75, 3.05) is 0 Å². The third-order valence-corrected chi connectivity index (χ3v) is 3.09. The maximum atomic E-state index is 13.6.